The van der Waals surface area contributed by atoms with Gasteiger partial charge in [-0.25, -0.2) is 0 Å². The fourth-order valence-electron chi connectivity index (χ4n) is 3.19. The van der Waals surface area contributed by atoms with Crippen LogP contribution in [0.4, 0.5) is 5.00 Å². The summed E-state index contributed by atoms with van der Waals surface area (Å²) in [4.78, 5) is 28.1. The Bertz CT molecular complexity index is 762. The first kappa shape index (κ1) is 17.7. The lowest BCUT2D eigenvalue weighted by atomic mass is 10.0. The molecule has 0 spiro atoms. The third-order valence-corrected chi connectivity index (χ3v) is 5.87. The van der Waals surface area contributed by atoms with Crippen LogP contribution >= 0.6 is 11.3 Å². The van der Waals surface area contributed by atoms with E-state index in [2.05, 4.69) is 5.32 Å². The van der Waals surface area contributed by atoms with E-state index in [9.17, 15) is 9.59 Å². The summed E-state index contributed by atoms with van der Waals surface area (Å²) in [5.41, 5.74) is 2.69. The molecule has 0 aliphatic carbocycles. The van der Waals surface area contributed by atoms with Crippen molar-refractivity contribution < 1.29 is 9.59 Å². The smallest absolute Gasteiger partial charge is 0.257 e. The molecule has 2 heterocycles. The number of nitrogens with zero attached hydrogens (tertiary/aromatic N) is 1. The topological polar surface area (TPSA) is 49.4 Å². The second-order valence-corrected chi connectivity index (χ2v) is 7.40. The van der Waals surface area contributed by atoms with Crippen LogP contribution in [-0.4, -0.2) is 29.8 Å². The maximum absolute atomic E-state index is 13.1. The minimum Gasteiger partial charge on any atom is -0.339 e. The van der Waals surface area contributed by atoms with Crippen LogP contribution < -0.4 is 5.32 Å². The highest BCUT2D eigenvalue weighted by molar-refractivity contribution is 7.20. The molecule has 0 unspecified atom stereocenters. The molecule has 3 rings (SSSR count). The molecule has 1 aromatic heterocycles. The summed E-state index contributed by atoms with van der Waals surface area (Å²) in [6.45, 7) is 5.41. The lowest BCUT2D eigenvalue weighted by molar-refractivity contribution is -0.115. The second-order valence-electron chi connectivity index (χ2n) is 6.38. The van der Waals surface area contributed by atoms with Crippen LogP contribution in [0.25, 0.3) is 10.4 Å². The summed E-state index contributed by atoms with van der Waals surface area (Å²) >= 11 is 1.50. The van der Waals surface area contributed by atoms with Gasteiger partial charge in [-0.15, -0.1) is 11.3 Å². The van der Waals surface area contributed by atoms with Crippen molar-refractivity contribution >= 4 is 28.2 Å². The third kappa shape index (κ3) is 3.76. The molecule has 1 fully saturated rings. The molecule has 4 nitrogen and oxygen atoms in total. The largest absolute Gasteiger partial charge is 0.339 e. The number of nitrogens with one attached hydrogen (secondary N) is 1. The Hall–Kier alpha value is -2.14. The van der Waals surface area contributed by atoms with Crippen molar-refractivity contribution in [2.24, 2.45) is 0 Å². The molecule has 1 saturated heterocycles. The highest BCUT2D eigenvalue weighted by atomic mass is 32.1. The molecular weight excluding hydrogens is 332 g/mol. The van der Waals surface area contributed by atoms with E-state index in [1.807, 2.05) is 49.1 Å². The second kappa shape index (κ2) is 7.83. The number of rotatable bonds is 4. The molecule has 1 aromatic carbocycles. The predicted octanol–water partition coefficient (Wildman–Crippen LogP) is 4.70. The van der Waals surface area contributed by atoms with Gasteiger partial charge < -0.3 is 10.2 Å². The molecule has 132 valence electrons. The summed E-state index contributed by atoms with van der Waals surface area (Å²) in [5, 5.41) is 3.62. The van der Waals surface area contributed by atoms with E-state index in [0.29, 0.717) is 17.0 Å². The maximum atomic E-state index is 13.1. The minimum atomic E-state index is -0.0615. The van der Waals surface area contributed by atoms with Gasteiger partial charge in [0, 0.05) is 24.4 Å². The summed E-state index contributed by atoms with van der Waals surface area (Å²) in [6, 6.07) is 10.0. The fourth-order valence-corrected chi connectivity index (χ4v) is 4.41. The molecule has 1 aliphatic heterocycles. The first-order valence-electron chi connectivity index (χ1n) is 8.89. The number of carbonyl (C=O) groups is 2. The van der Waals surface area contributed by atoms with E-state index in [1.165, 1.54) is 17.8 Å². The lowest BCUT2D eigenvalue weighted by Gasteiger charge is -2.27. The Morgan fingerprint density at radius 1 is 1.12 bits per heavy atom. The molecule has 5 heteroatoms. The van der Waals surface area contributed by atoms with Gasteiger partial charge in [-0.2, -0.15) is 0 Å². The SMILES string of the molecule is CCC(=O)Nc1sc(-c2ccccc2)c(C)c1C(=O)N1CCCCC1. The Kier molecular flexibility index (Phi) is 5.53. The van der Waals surface area contributed by atoms with Gasteiger partial charge in [0.15, 0.2) is 0 Å². The Labute approximate surface area is 152 Å². The van der Waals surface area contributed by atoms with E-state index >= 15 is 0 Å². The molecule has 0 saturated carbocycles. The van der Waals surface area contributed by atoms with Gasteiger partial charge in [-0.05, 0) is 37.3 Å². The molecule has 0 radical (unpaired) electrons. The standard InChI is InChI=1S/C20H24N2O2S/c1-3-16(23)21-19-17(20(24)22-12-8-5-9-13-22)14(2)18(25-19)15-10-6-4-7-11-15/h4,6-7,10-11H,3,5,8-9,12-13H2,1-2H3,(H,21,23). The van der Waals surface area contributed by atoms with Crippen molar-refractivity contribution in [3.8, 4) is 10.4 Å². The summed E-state index contributed by atoms with van der Waals surface area (Å²) in [6.07, 6.45) is 3.68. The molecule has 2 amide bonds. The van der Waals surface area contributed by atoms with Crippen LogP contribution in [0, 0.1) is 6.92 Å². The van der Waals surface area contributed by atoms with E-state index in [-0.39, 0.29) is 11.8 Å². The molecule has 1 N–H and O–H groups in total. The monoisotopic (exact) mass is 356 g/mol. The van der Waals surface area contributed by atoms with Crippen LogP contribution in [-0.2, 0) is 4.79 Å². The van der Waals surface area contributed by atoms with Crippen LogP contribution in [0.1, 0.15) is 48.5 Å². The quantitative estimate of drug-likeness (QED) is 0.863. The molecule has 25 heavy (non-hydrogen) atoms. The zero-order valence-electron chi connectivity index (χ0n) is 14.8. The number of anilines is 1. The van der Waals surface area contributed by atoms with Gasteiger partial charge in [-0.1, -0.05) is 37.3 Å². The Morgan fingerprint density at radius 3 is 2.44 bits per heavy atom. The average molecular weight is 356 g/mol. The first-order valence-corrected chi connectivity index (χ1v) is 9.71. The number of carbonyl (C=O) groups excluding carboxylic acids is 2. The van der Waals surface area contributed by atoms with Crippen molar-refractivity contribution in [2.45, 2.75) is 39.5 Å². The molecule has 2 aromatic rings. The number of likely N-dealkylation sites (tertiary alicyclic amines) is 1. The number of benzene rings is 1. The van der Waals surface area contributed by atoms with E-state index in [0.717, 1.165) is 41.9 Å². The van der Waals surface area contributed by atoms with Gasteiger partial charge in [0.25, 0.3) is 5.91 Å². The van der Waals surface area contributed by atoms with E-state index < -0.39 is 0 Å². The van der Waals surface area contributed by atoms with E-state index in [1.54, 1.807) is 0 Å². The van der Waals surface area contributed by atoms with Gasteiger partial charge in [-0.3, -0.25) is 9.59 Å². The van der Waals surface area contributed by atoms with Gasteiger partial charge in [0.05, 0.1) is 5.56 Å². The van der Waals surface area contributed by atoms with Gasteiger partial charge in [0.2, 0.25) is 5.91 Å². The normalized spacial score (nSPS) is 14.4. The van der Waals surface area contributed by atoms with Gasteiger partial charge in [0.1, 0.15) is 5.00 Å². The van der Waals surface area contributed by atoms with Crippen molar-refractivity contribution in [2.75, 3.05) is 18.4 Å². The zero-order chi connectivity index (χ0) is 17.8. The van der Waals surface area contributed by atoms with Crippen LogP contribution in [0.5, 0.6) is 0 Å². The number of thiophene rings is 1. The average Bonchev–Trinajstić information content (AvgIpc) is 2.98. The fraction of sp³-hybridized carbons (Fsp3) is 0.400. The summed E-state index contributed by atoms with van der Waals surface area (Å²) in [7, 11) is 0. The lowest BCUT2D eigenvalue weighted by Crippen LogP contribution is -2.36. The maximum Gasteiger partial charge on any atom is 0.257 e. The highest BCUT2D eigenvalue weighted by Crippen LogP contribution is 2.40. The third-order valence-electron chi connectivity index (χ3n) is 4.61. The zero-order valence-corrected chi connectivity index (χ0v) is 15.6. The molecule has 1 aliphatic rings. The van der Waals surface area contributed by atoms with Crippen molar-refractivity contribution in [3.05, 3.63) is 41.5 Å². The summed E-state index contributed by atoms with van der Waals surface area (Å²) < 4.78 is 0. The van der Waals surface area contributed by atoms with Crippen LogP contribution in [0.15, 0.2) is 30.3 Å². The minimum absolute atomic E-state index is 0.0436. The van der Waals surface area contributed by atoms with Crippen molar-refractivity contribution in [1.82, 2.24) is 4.90 Å². The van der Waals surface area contributed by atoms with Crippen molar-refractivity contribution in [3.63, 3.8) is 0 Å². The van der Waals surface area contributed by atoms with Crippen LogP contribution in [0.3, 0.4) is 0 Å². The van der Waals surface area contributed by atoms with Crippen LogP contribution in [0.2, 0.25) is 0 Å². The number of piperidine rings is 1. The molecule has 0 atom stereocenters. The molecular formula is C20H24N2O2S. The number of amides is 2. The van der Waals surface area contributed by atoms with Crippen molar-refractivity contribution in [1.29, 1.82) is 0 Å². The molecule has 0 bridgehead atoms. The number of hydrogen-bond acceptors (Lipinski definition) is 3. The predicted molar refractivity (Wildman–Crippen MR) is 103 cm³/mol. The van der Waals surface area contributed by atoms with Gasteiger partial charge >= 0.3 is 0 Å². The first-order chi connectivity index (χ1) is 12.1. The Morgan fingerprint density at radius 2 is 1.80 bits per heavy atom. The van der Waals surface area contributed by atoms with E-state index in [4.69, 9.17) is 0 Å². The Balaban J connectivity index is 2.03. The highest BCUT2D eigenvalue weighted by Gasteiger charge is 2.27. The number of hydrogen-bond donors (Lipinski definition) is 1. The summed E-state index contributed by atoms with van der Waals surface area (Å²) in [5.74, 6) is -0.0180.